The lowest BCUT2D eigenvalue weighted by atomic mass is 10.1. The molecule has 3 rings (SSSR count). The number of nitroso groups, excluding NO2 is 1. The van der Waals surface area contributed by atoms with E-state index in [0.717, 1.165) is 15.8 Å². The highest BCUT2D eigenvalue weighted by Crippen LogP contribution is 2.33. The van der Waals surface area contributed by atoms with E-state index in [1.807, 2.05) is 5.59 Å². The lowest BCUT2D eigenvalue weighted by Crippen LogP contribution is -2.41. The van der Waals surface area contributed by atoms with Gasteiger partial charge in [-0.2, -0.15) is 23.1 Å². The van der Waals surface area contributed by atoms with E-state index in [1.165, 1.54) is 50.4 Å². The number of hydrazine groups is 2. The number of benzene rings is 2. The van der Waals surface area contributed by atoms with Gasteiger partial charge in [0.2, 0.25) is 6.79 Å². The fraction of sp³-hybridized carbons (Fsp3) is 0.292. The number of hydrogen-bond acceptors (Lipinski definition) is 8. The third-order valence-electron chi connectivity index (χ3n) is 5.33. The maximum Gasteiger partial charge on any atom is 0.435 e. The van der Waals surface area contributed by atoms with Crippen molar-refractivity contribution < 1.29 is 50.8 Å². The minimum atomic E-state index is -4.71. The number of alkyl halides is 3. The summed E-state index contributed by atoms with van der Waals surface area (Å²) in [6, 6.07) is 12.4. The number of ether oxygens (including phenoxy) is 2. The molecule has 0 spiro atoms. The molecule has 0 amide bonds. The van der Waals surface area contributed by atoms with Crippen LogP contribution in [0.15, 0.2) is 59.5 Å². The van der Waals surface area contributed by atoms with Gasteiger partial charge in [-0.15, -0.1) is 5.01 Å². The summed E-state index contributed by atoms with van der Waals surface area (Å²) in [5, 5.41) is 4.77. The van der Waals surface area contributed by atoms with E-state index in [2.05, 4.69) is 14.7 Å². The highest BCUT2D eigenvalue weighted by molar-refractivity contribution is 7.79. The zero-order valence-electron chi connectivity index (χ0n) is 21.7. The van der Waals surface area contributed by atoms with Crippen LogP contribution in [0.2, 0.25) is 0 Å². The van der Waals surface area contributed by atoms with Crippen LogP contribution in [0.1, 0.15) is 18.2 Å². The van der Waals surface area contributed by atoms with Gasteiger partial charge in [-0.1, -0.05) is 24.3 Å². The number of nitrogens with one attached hydrogen (secondary N) is 1. The Bertz CT molecular complexity index is 1400. The second-order valence-corrected chi connectivity index (χ2v) is 9.27. The number of rotatable bonds is 13. The lowest BCUT2D eigenvalue weighted by molar-refractivity contribution is -0.785. The van der Waals surface area contributed by atoms with E-state index in [1.54, 1.807) is 12.1 Å². The Labute approximate surface area is 233 Å². The van der Waals surface area contributed by atoms with E-state index in [4.69, 9.17) is 4.74 Å². The number of carbonyl (C=O) groups excluding carboxylic acids is 2. The zero-order valence-corrected chi connectivity index (χ0v) is 22.5. The quantitative estimate of drug-likeness (QED) is 0.0744. The summed E-state index contributed by atoms with van der Waals surface area (Å²) in [6.07, 6.45) is -4.85. The summed E-state index contributed by atoms with van der Waals surface area (Å²) in [4.78, 5) is 39.5. The Hall–Kier alpha value is -4.35. The Morgan fingerprint density at radius 2 is 1.78 bits per heavy atom. The van der Waals surface area contributed by atoms with Crippen LogP contribution < -0.4 is 5.59 Å². The second kappa shape index (κ2) is 13.8. The lowest BCUT2D eigenvalue weighted by Gasteiger charge is -2.10. The number of likely N-dealkylation sites (N-methyl/N-ethyl adjacent to an activating group) is 1. The van der Waals surface area contributed by atoms with Crippen LogP contribution >= 0.6 is 0 Å². The van der Waals surface area contributed by atoms with Crippen LogP contribution in [-0.2, 0) is 47.6 Å². The molecule has 3 aromatic rings. The zero-order chi connectivity index (χ0) is 30.2. The Balaban J connectivity index is 1.61. The molecule has 0 saturated carbocycles. The summed E-state index contributed by atoms with van der Waals surface area (Å²) >= 11 is -2.25. The molecule has 0 aliphatic heterocycles. The molecule has 13 nitrogen and oxygen atoms in total. The SMILES string of the molecule is CC(=O)OCON[N+](=O)N(C)CCOC(=O)Cc1ccc(-c2cc(C(F)(F)F)nn2-c2ccc(S(=O)O)cc2)cc1. The fourth-order valence-corrected chi connectivity index (χ4v) is 3.65. The van der Waals surface area contributed by atoms with Gasteiger partial charge in [0.15, 0.2) is 16.8 Å². The first-order chi connectivity index (χ1) is 19.3. The van der Waals surface area contributed by atoms with Crippen molar-refractivity contribution in [2.24, 2.45) is 0 Å². The first-order valence-corrected chi connectivity index (χ1v) is 12.8. The molecular formula is C24H25F3N5O8S+. The van der Waals surface area contributed by atoms with E-state index < -0.39 is 41.7 Å². The van der Waals surface area contributed by atoms with Gasteiger partial charge < -0.3 is 14.0 Å². The predicted molar refractivity (Wildman–Crippen MR) is 135 cm³/mol. The van der Waals surface area contributed by atoms with Crippen molar-refractivity contribution in [2.45, 2.75) is 24.4 Å². The molecule has 0 aliphatic carbocycles. The Morgan fingerprint density at radius 3 is 2.37 bits per heavy atom. The Morgan fingerprint density at radius 1 is 1.12 bits per heavy atom. The first-order valence-electron chi connectivity index (χ1n) is 11.7. The number of hydrogen-bond donors (Lipinski definition) is 2. The number of esters is 2. The topological polar surface area (TPSA) is 152 Å². The second-order valence-electron chi connectivity index (χ2n) is 8.31. The van der Waals surface area contributed by atoms with Crippen LogP contribution in [0.3, 0.4) is 0 Å². The van der Waals surface area contributed by atoms with Crippen molar-refractivity contribution in [3.8, 4) is 16.9 Å². The van der Waals surface area contributed by atoms with Gasteiger partial charge in [0.05, 0.1) is 34.7 Å². The maximum absolute atomic E-state index is 13.4. The van der Waals surface area contributed by atoms with Crippen LogP contribution in [-0.4, -0.2) is 67.5 Å². The Kier molecular flexibility index (Phi) is 10.5. The van der Waals surface area contributed by atoms with Crippen molar-refractivity contribution in [1.82, 2.24) is 20.4 Å². The molecule has 1 unspecified atom stereocenters. The highest BCUT2D eigenvalue weighted by Gasteiger charge is 2.35. The highest BCUT2D eigenvalue weighted by atomic mass is 32.2. The van der Waals surface area contributed by atoms with Crippen molar-refractivity contribution >= 4 is 23.0 Å². The summed E-state index contributed by atoms with van der Waals surface area (Å²) in [5.74, 6) is -1.19. The van der Waals surface area contributed by atoms with E-state index in [0.29, 0.717) is 11.1 Å². The smallest absolute Gasteiger partial charge is 0.435 e. The van der Waals surface area contributed by atoms with E-state index in [9.17, 15) is 36.4 Å². The number of nitrogens with zero attached hydrogens (tertiary/aromatic N) is 4. The molecule has 0 fully saturated rings. The maximum atomic E-state index is 13.4. The van der Waals surface area contributed by atoms with Gasteiger partial charge in [0.25, 0.3) is 4.98 Å². The third-order valence-corrected chi connectivity index (χ3v) is 6.01. The van der Waals surface area contributed by atoms with Gasteiger partial charge >= 0.3 is 18.1 Å². The molecule has 0 radical (unpaired) electrons. The van der Waals surface area contributed by atoms with Gasteiger partial charge in [0, 0.05) is 18.1 Å². The molecule has 0 saturated heterocycles. The fourth-order valence-electron chi connectivity index (χ4n) is 3.28. The molecule has 1 aromatic heterocycles. The molecule has 2 aromatic carbocycles. The van der Waals surface area contributed by atoms with Gasteiger partial charge in [-0.05, 0) is 35.9 Å². The summed E-state index contributed by atoms with van der Waals surface area (Å²) in [6.45, 7) is 0.546. The average Bonchev–Trinajstić information content (AvgIpc) is 3.37. The molecule has 0 bridgehead atoms. The van der Waals surface area contributed by atoms with Gasteiger partial charge in [-0.25, -0.2) is 8.89 Å². The first kappa shape index (κ1) is 31.2. The van der Waals surface area contributed by atoms with E-state index in [-0.39, 0.29) is 40.8 Å². The standard InChI is InChI=1S/C24H24F3N5O8S/c1-16(33)39-15-40-29-32(35)30(2)11-12-38-23(34)13-17-3-5-18(6-4-17)21-14-22(24(25,26)27)28-31(21)19-7-9-20(10-8-19)41(36)37/h3-10,14H,11-13,15H2,1-2H3,(H-,29,35,36,37)/p+1. The van der Waals surface area contributed by atoms with Crippen LogP contribution in [0.25, 0.3) is 16.9 Å². The molecule has 0 aliphatic rings. The van der Waals surface area contributed by atoms with E-state index >= 15 is 0 Å². The summed E-state index contributed by atoms with van der Waals surface area (Å²) in [7, 11) is 1.39. The molecule has 1 atom stereocenters. The summed E-state index contributed by atoms with van der Waals surface area (Å²) in [5.41, 5.74) is 2.09. The minimum Gasteiger partial charge on any atom is -0.463 e. The van der Waals surface area contributed by atoms with Crippen molar-refractivity contribution in [2.75, 3.05) is 27.0 Å². The van der Waals surface area contributed by atoms with Gasteiger partial charge in [0.1, 0.15) is 13.2 Å². The largest absolute Gasteiger partial charge is 0.463 e. The monoisotopic (exact) mass is 600 g/mol. The van der Waals surface area contributed by atoms with Gasteiger partial charge in [-0.3, -0.25) is 9.59 Å². The number of halogens is 3. The third kappa shape index (κ3) is 9.09. The number of carbonyl (C=O) groups is 2. The van der Waals surface area contributed by atoms with Crippen LogP contribution in [0, 0.1) is 4.91 Å². The number of aromatic nitrogens is 2. The van der Waals surface area contributed by atoms with Crippen molar-refractivity contribution in [3.63, 3.8) is 0 Å². The van der Waals surface area contributed by atoms with Crippen LogP contribution in [0.5, 0.6) is 0 Å². The van der Waals surface area contributed by atoms with Crippen LogP contribution in [0.4, 0.5) is 13.2 Å². The predicted octanol–water partition coefficient (Wildman–Crippen LogP) is 2.81. The molecule has 17 heteroatoms. The normalized spacial score (nSPS) is 12.0. The molecular weight excluding hydrogens is 575 g/mol. The summed E-state index contributed by atoms with van der Waals surface area (Å²) < 4.78 is 71.4. The molecule has 1 heterocycles. The average molecular weight is 601 g/mol. The van der Waals surface area contributed by atoms with Crippen molar-refractivity contribution in [3.05, 3.63) is 70.8 Å². The molecule has 41 heavy (non-hydrogen) atoms. The molecule has 2 N–H and O–H groups in total. The minimum absolute atomic E-state index is 0.00117. The van der Waals surface area contributed by atoms with Crippen molar-refractivity contribution in [1.29, 1.82) is 0 Å². The molecule has 220 valence electrons.